The average Bonchev–Trinajstić information content (AvgIpc) is 2.58. The third-order valence-electron chi connectivity index (χ3n) is 5.20. The van der Waals surface area contributed by atoms with Crippen molar-refractivity contribution in [2.45, 2.75) is 97.6 Å². The van der Waals surface area contributed by atoms with Crippen molar-refractivity contribution in [2.24, 2.45) is 0 Å². The number of allylic oxidation sites excluding steroid dienone is 1. The first-order valence-electron chi connectivity index (χ1n) is 10.3. The molecule has 0 aliphatic rings. The third kappa shape index (κ3) is 10.0. The van der Waals surface area contributed by atoms with Gasteiger partial charge in [0, 0.05) is 0 Å². The van der Waals surface area contributed by atoms with E-state index < -0.39 is 18.1 Å². The van der Waals surface area contributed by atoms with Crippen molar-refractivity contribution in [2.75, 3.05) is 19.6 Å². The van der Waals surface area contributed by atoms with Gasteiger partial charge in [-0.15, -0.1) is 0 Å². The van der Waals surface area contributed by atoms with Crippen LogP contribution in [0.25, 0.3) is 0 Å². The second-order valence-electron chi connectivity index (χ2n) is 7.43. The number of unbranched alkanes of at least 4 members (excludes halogenated alkanes) is 5. The Morgan fingerprint density at radius 1 is 0.960 bits per heavy atom. The largest absolute Gasteiger partial charge is 0.477 e. The summed E-state index contributed by atoms with van der Waals surface area (Å²) in [6.45, 7) is 10.5. The van der Waals surface area contributed by atoms with Crippen molar-refractivity contribution in [3.8, 4) is 0 Å². The quantitative estimate of drug-likeness (QED) is 0.238. The fourth-order valence-corrected chi connectivity index (χ4v) is 3.46. The maximum absolute atomic E-state index is 11.8. The topological polar surface area (TPSA) is 57.5 Å². The zero-order chi connectivity index (χ0) is 19.1. The standard InChI is InChI=1S/C21H41NO3/c1-5-8-11-12-15-20(23)18-22(16-13-9-6-2,17-14-10-7-3)19(4)21(24)25/h11-12,19-20,23H,5-10,13-18H2,1-4H3/p+1/b12-11+. The maximum atomic E-state index is 11.8. The number of hydrogen-bond acceptors (Lipinski definition) is 2. The molecule has 0 aliphatic carbocycles. The number of aliphatic carboxylic acids is 1. The number of aliphatic hydroxyl groups excluding tert-OH is 1. The van der Waals surface area contributed by atoms with E-state index in [1.165, 1.54) is 0 Å². The van der Waals surface area contributed by atoms with Gasteiger partial charge in [0.15, 0.2) is 6.04 Å². The first kappa shape index (κ1) is 24.1. The minimum atomic E-state index is -0.748. The summed E-state index contributed by atoms with van der Waals surface area (Å²) in [7, 11) is 0. The molecular weight excluding hydrogens is 314 g/mol. The van der Waals surface area contributed by atoms with Crippen molar-refractivity contribution in [3.63, 3.8) is 0 Å². The molecule has 25 heavy (non-hydrogen) atoms. The number of carboxylic acids is 1. The highest BCUT2D eigenvalue weighted by atomic mass is 16.4. The molecule has 0 rings (SSSR count). The number of carbonyl (C=O) groups is 1. The van der Waals surface area contributed by atoms with Crippen LogP contribution in [-0.4, -0.2) is 52.4 Å². The van der Waals surface area contributed by atoms with Crippen LogP contribution in [0, 0.1) is 0 Å². The number of aliphatic hydroxyl groups is 1. The normalized spacial score (nSPS) is 14.8. The molecule has 0 aliphatic heterocycles. The molecule has 0 saturated carbocycles. The van der Waals surface area contributed by atoms with Crippen LogP contribution in [0.15, 0.2) is 12.2 Å². The SMILES string of the molecule is CCC/C=C/CC(O)C[N+](CCCCC)(CCCCC)C(C)C(=O)O. The molecule has 0 heterocycles. The van der Waals surface area contributed by atoms with E-state index in [-0.39, 0.29) is 0 Å². The van der Waals surface area contributed by atoms with Gasteiger partial charge in [-0.1, -0.05) is 52.2 Å². The summed E-state index contributed by atoms with van der Waals surface area (Å²) in [6.07, 6.45) is 13.0. The Morgan fingerprint density at radius 2 is 1.52 bits per heavy atom. The van der Waals surface area contributed by atoms with Crippen LogP contribution in [-0.2, 0) is 4.79 Å². The summed E-state index contributed by atoms with van der Waals surface area (Å²) < 4.78 is 0.512. The van der Waals surface area contributed by atoms with E-state index in [1.54, 1.807) is 0 Å². The van der Waals surface area contributed by atoms with Crippen molar-refractivity contribution >= 4 is 5.97 Å². The highest BCUT2D eigenvalue weighted by Crippen LogP contribution is 2.21. The molecular formula is C21H42NO3+. The van der Waals surface area contributed by atoms with Crippen molar-refractivity contribution < 1.29 is 19.5 Å². The van der Waals surface area contributed by atoms with Gasteiger partial charge in [0.2, 0.25) is 0 Å². The highest BCUT2D eigenvalue weighted by molar-refractivity contribution is 5.71. The molecule has 0 aromatic heterocycles. The fourth-order valence-electron chi connectivity index (χ4n) is 3.46. The van der Waals surface area contributed by atoms with Gasteiger partial charge in [-0.25, -0.2) is 4.79 Å². The summed E-state index contributed by atoms with van der Waals surface area (Å²) in [5.41, 5.74) is 0. The first-order chi connectivity index (χ1) is 11.9. The lowest BCUT2D eigenvalue weighted by Crippen LogP contribution is -2.61. The van der Waals surface area contributed by atoms with Gasteiger partial charge in [-0.2, -0.15) is 0 Å². The van der Waals surface area contributed by atoms with Gasteiger partial charge in [-0.3, -0.25) is 0 Å². The third-order valence-corrected chi connectivity index (χ3v) is 5.20. The van der Waals surface area contributed by atoms with E-state index in [0.717, 1.165) is 64.5 Å². The predicted octanol–water partition coefficient (Wildman–Crippen LogP) is 4.76. The number of nitrogens with zero attached hydrogens (tertiary/aromatic N) is 1. The minimum Gasteiger partial charge on any atom is -0.477 e. The molecule has 0 spiro atoms. The fraction of sp³-hybridized carbons (Fsp3) is 0.857. The molecule has 0 amide bonds. The summed E-state index contributed by atoms with van der Waals surface area (Å²) >= 11 is 0. The van der Waals surface area contributed by atoms with E-state index >= 15 is 0 Å². The summed E-state index contributed by atoms with van der Waals surface area (Å²) in [6, 6.07) is -0.469. The van der Waals surface area contributed by atoms with E-state index in [4.69, 9.17) is 0 Å². The maximum Gasteiger partial charge on any atom is 0.362 e. The first-order valence-corrected chi connectivity index (χ1v) is 10.3. The van der Waals surface area contributed by atoms with Gasteiger partial charge < -0.3 is 14.7 Å². The summed E-state index contributed by atoms with van der Waals surface area (Å²) in [5.74, 6) is -0.748. The van der Waals surface area contributed by atoms with Crippen LogP contribution in [0.3, 0.4) is 0 Å². The Kier molecular flexibility index (Phi) is 13.8. The van der Waals surface area contributed by atoms with Crippen LogP contribution >= 0.6 is 0 Å². The Labute approximate surface area is 155 Å². The molecule has 4 heteroatoms. The summed E-state index contributed by atoms with van der Waals surface area (Å²) in [5, 5.41) is 20.2. The summed E-state index contributed by atoms with van der Waals surface area (Å²) in [4.78, 5) is 11.8. The van der Waals surface area contributed by atoms with Gasteiger partial charge in [0.1, 0.15) is 12.6 Å². The molecule has 2 atom stereocenters. The molecule has 2 N–H and O–H groups in total. The zero-order valence-electron chi connectivity index (χ0n) is 17.0. The van der Waals surface area contributed by atoms with E-state index in [0.29, 0.717) is 17.4 Å². The van der Waals surface area contributed by atoms with Crippen LogP contribution in [0.2, 0.25) is 0 Å². The number of carboxylic acid groups (broad SMARTS) is 1. The van der Waals surface area contributed by atoms with Crippen molar-refractivity contribution in [1.82, 2.24) is 0 Å². The van der Waals surface area contributed by atoms with Crippen molar-refractivity contribution in [1.29, 1.82) is 0 Å². The Balaban J connectivity index is 5.14. The van der Waals surface area contributed by atoms with E-state index in [9.17, 15) is 15.0 Å². The van der Waals surface area contributed by atoms with E-state index in [1.807, 2.05) is 13.0 Å². The molecule has 0 radical (unpaired) electrons. The molecule has 0 saturated heterocycles. The Morgan fingerprint density at radius 3 is 1.96 bits per heavy atom. The number of hydrogen-bond donors (Lipinski definition) is 2. The lowest BCUT2D eigenvalue weighted by Gasteiger charge is -2.43. The zero-order valence-corrected chi connectivity index (χ0v) is 17.0. The van der Waals surface area contributed by atoms with Crippen LogP contribution in [0.5, 0.6) is 0 Å². The molecule has 148 valence electrons. The molecule has 0 bridgehead atoms. The molecule has 0 aromatic rings. The Hall–Kier alpha value is -0.870. The minimum absolute atomic E-state index is 0.469. The second kappa shape index (κ2) is 14.3. The lowest BCUT2D eigenvalue weighted by molar-refractivity contribution is -0.944. The van der Waals surface area contributed by atoms with Crippen LogP contribution in [0.4, 0.5) is 0 Å². The van der Waals surface area contributed by atoms with Gasteiger partial charge >= 0.3 is 5.97 Å². The average molecular weight is 357 g/mol. The van der Waals surface area contributed by atoms with Crippen molar-refractivity contribution in [3.05, 3.63) is 12.2 Å². The van der Waals surface area contributed by atoms with Gasteiger partial charge in [0.05, 0.1) is 13.1 Å². The van der Waals surface area contributed by atoms with Crippen LogP contribution < -0.4 is 0 Å². The number of rotatable bonds is 16. The van der Waals surface area contributed by atoms with Gasteiger partial charge in [0.25, 0.3) is 0 Å². The Bertz CT molecular complexity index is 358. The predicted molar refractivity (Wildman–Crippen MR) is 106 cm³/mol. The van der Waals surface area contributed by atoms with Crippen LogP contribution in [0.1, 0.15) is 85.5 Å². The molecule has 0 fully saturated rings. The molecule has 4 nitrogen and oxygen atoms in total. The van der Waals surface area contributed by atoms with E-state index in [2.05, 4.69) is 26.8 Å². The number of quaternary nitrogens is 1. The monoisotopic (exact) mass is 356 g/mol. The lowest BCUT2D eigenvalue weighted by atomic mass is 10.1. The second-order valence-corrected chi connectivity index (χ2v) is 7.43. The van der Waals surface area contributed by atoms with Gasteiger partial charge in [-0.05, 0) is 45.4 Å². The highest BCUT2D eigenvalue weighted by Gasteiger charge is 2.39. The smallest absolute Gasteiger partial charge is 0.362 e. The molecule has 0 aromatic carbocycles. The molecule has 2 unspecified atom stereocenters.